The molecule has 19 heavy (non-hydrogen) atoms. The number of aryl methyl sites for hydroxylation is 2. The fourth-order valence-electron chi connectivity index (χ4n) is 2.28. The van der Waals surface area contributed by atoms with E-state index in [-0.39, 0.29) is 5.38 Å². The van der Waals surface area contributed by atoms with Gasteiger partial charge in [0.1, 0.15) is 16.3 Å². The number of fused-ring (bicyclic) bond motifs is 1. The first-order valence-corrected chi connectivity index (χ1v) is 7.31. The molecule has 5 nitrogen and oxygen atoms in total. The molecule has 0 radical (unpaired) electrons. The highest BCUT2D eigenvalue weighted by atomic mass is 35.5. The minimum absolute atomic E-state index is 0.147. The molecule has 0 aromatic carbocycles. The van der Waals surface area contributed by atoms with Gasteiger partial charge in [0.15, 0.2) is 5.65 Å². The van der Waals surface area contributed by atoms with Crippen molar-refractivity contribution >= 4 is 34.1 Å². The summed E-state index contributed by atoms with van der Waals surface area (Å²) in [6, 6.07) is 0. The molecule has 0 saturated carbocycles. The largest absolute Gasteiger partial charge is 0.305 e. The van der Waals surface area contributed by atoms with Crippen LogP contribution in [0.25, 0.3) is 11.2 Å². The lowest BCUT2D eigenvalue weighted by atomic mass is 10.4. The van der Waals surface area contributed by atoms with Crippen LogP contribution >= 0.6 is 22.9 Å². The normalized spacial score (nSPS) is 13.3. The maximum Gasteiger partial charge on any atom is 0.159 e. The standard InChI is InChI=1S/C12H14ClN5S/c1-7(13)11-15-10-8(2)16-17(3)12(10)18(11)6-9-14-4-5-19-9/h4-5,7H,6H2,1-3H3. The average Bonchev–Trinajstić information content (AvgIpc) is 3.00. The third-order valence-electron chi connectivity index (χ3n) is 3.05. The molecular weight excluding hydrogens is 282 g/mol. The highest BCUT2D eigenvalue weighted by Gasteiger charge is 2.20. The highest BCUT2D eigenvalue weighted by Crippen LogP contribution is 2.27. The molecule has 3 aromatic rings. The first-order valence-electron chi connectivity index (χ1n) is 6.00. The number of aromatic nitrogens is 5. The second kappa shape index (κ2) is 4.61. The van der Waals surface area contributed by atoms with Crippen LogP contribution in [0.2, 0.25) is 0 Å². The molecule has 0 aliphatic heterocycles. The number of halogens is 1. The zero-order valence-corrected chi connectivity index (χ0v) is 12.5. The van der Waals surface area contributed by atoms with Crippen LogP contribution in [0.5, 0.6) is 0 Å². The molecule has 0 N–H and O–H groups in total. The number of thiazole rings is 1. The van der Waals surface area contributed by atoms with Crippen molar-refractivity contribution in [3.05, 3.63) is 28.1 Å². The molecule has 3 heterocycles. The fourth-order valence-corrected chi connectivity index (χ4v) is 3.05. The summed E-state index contributed by atoms with van der Waals surface area (Å²) < 4.78 is 3.96. The Kier molecular flexibility index (Phi) is 3.06. The molecule has 0 spiro atoms. The minimum atomic E-state index is -0.147. The van der Waals surface area contributed by atoms with Crippen LogP contribution in [0.15, 0.2) is 11.6 Å². The summed E-state index contributed by atoms with van der Waals surface area (Å²) in [6.07, 6.45) is 1.81. The van der Waals surface area contributed by atoms with Crippen LogP contribution in [0.1, 0.15) is 28.8 Å². The topological polar surface area (TPSA) is 48.5 Å². The molecule has 0 amide bonds. The lowest BCUT2D eigenvalue weighted by Crippen LogP contribution is -2.08. The molecule has 100 valence electrons. The van der Waals surface area contributed by atoms with Gasteiger partial charge in [0.05, 0.1) is 17.6 Å². The van der Waals surface area contributed by atoms with Gasteiger partial charge in [-0.05, 0) is 13.8 Å². The van der Waals surface area contributed by atoms with Crippen LogP contribution in [0.3, 0.4) is 0 Å². The van der Waals surface area contributed by atoms with Gasteiger partial charge >= 0.3 is 0 Å². The molecule has 0 saturated heterocycles. The van der Waals surface area contributed by atoms with Crippen molar-refractivity contribution in [2.24, 2.45) is 7.05 Å². The van der Waals surface area contributed by atoms with Crippen molar-refractivity contribution < 1.29 is 0 Å². The Morgan fingerprint density at radius 1 is 1.47 bits per heavy atom. The summed E-state index contributed by atoms with van der Waals surface area (Å²) in [7, 11) is 1.93. The van der Waals surface area contributed by atoms with Crippen molar-refractivity contribution in [1.29, 1.82) is 0 Å². The average molecular weight is 296 g/mol. The molecule has 0 fully saturated rings. The molecular formula is C12H14ClN5S. The zero-order chi connectivity index (χ0) is 13.6. The fraction of sp³-hybridized carbons (Fsp3) is 0.417. The Morgan fingerprint density at radius 3 is 2.89 bits per heavy atom. The predicted molar refractivity (Wildman–Crippen MR) is 76.7 cm³/mol. The van der Waals surface area contributed by atoms with Crippen LogP contribution < -0.4 is 0 Å². The molecule has 0 bridgehead atoms. The summed E-state index contributed by atoms with van der Waals surface area (Å²) in [5.41, 5.74) is 2.84. The lowest BCUT2D eigenvalue weighted by Gasteiger charge is -2.09. The second-order valence-electron chi connectivity index (χ2n) is 4.48. The van der Waals surface area contributed by atoms with Gasteiger partial charge < -0.3 is 4.57 Å². The van der Waals surface area contributed by atoms with E-state index in [1.54, 1.807) is 11.3 Å². The smallest absolute Gasteiger partial charge is 0.159 e. The highest BCUT2D eigenvalue weighted by molar-refractivity contribution is 7.09. The number of nitrogens with zero attached hydrogens (tertiary/aromatic N) is 5. The first-order chi connectivity index (χ1) is 9.08. The van der Waals surface area contributed by atoms with Crippen LogP contribution in [0, 0.1) is 6.92 Å². The Bertz CT molecular complexity index is 710. The molecule has 1 unspecified atom stereocenters. The van der Waals surface area contributed by atoms with Crippen molar-refractivity contribution in [3.63, 3.8) is 0 Å². The first kappa shape index (κ1) is 12.6. The van der Waals surface area contributed by atoms with Crippen LogP contribution in [0.4, 0.5) is 0 Å². The van der Waals surface area contributed by atoms with E-state index in [9.17, 15) is 0 Å². The van der Waals surface area contributed by atoms with Gasteiger partial charge in [-0.25, -0.2) is 9.97 Å². The van der Waals surface area contributed by atoms with Gasteiger partial charge in [0.25, 0.3) is 0 Å². The van der Waals surface area contributed by atoms with E-state index in [1.165, 1.54) is 0 Å². The predicted octanol–water partition coefficient (Wildman–Crippen LogP) is 2.88. The lowest BCUT2D eigenvalue weighted by molar-refractivity contribution is 0.684. The maximum absolute atomic E-state index is 6.25. The number of rotatable bonds is 3. The summed E-state index contributed by atoms with van der Waals surface area (Å²) in [4.78, 5) is 8.97. The summed E-state index contributed by atoms with van der Waals surface area (Å²) in [6.45, 7) is 4.58. The second-order valence-corrected chi connectivity index (χ2v) is 6.11. The third-order valence-corrected chi connectivity index (χ3v) is 4.01. The monoisotopic (exact) mass is 295 g/mol. The Hall–Kier alpha value is -1.40. The van der Waals surface area contributed by atoms with E-state index in [1.807, 2.05) is 37.2 Å². The van der Waals surface area contributed by atoms with E-state index in [0.29, 0.717) is 6.54 Å². The maximum atomic E-state index is 6.25. The number of hydrogen-bond donors (Lipinski definition) is 0. The Morgan fingerprint density at radius 2 is 2.26 bits per heavy atom. The SMILES string of the molecule is Cc1nn(C)c2c1nc(C(C)Cl)n2Cc1nccs1. The molecule has 0 aliphatic carbocycles. The molecule has 1 atom stereocenters. The van der Waals surface area contributed by atoms with E-state index >= 15 is 0 Å². The van der Waals surface area contributed by atoms with Gasteiger partial charge in [-0.2, -0.15) is 5.10 Å². The third kappa shape index (κ3) is 2.04. The van der Waals surface area contributed by atoms with Crippen LogP contribution in [-0.4, -0.2) is 24.3 Å². The molecule has 3 rings (SSSR count). The summed E-state index contributed by atoms with van der Waals surface area (Å²) >= 11 is 7.88. The van der Waals surface area contributed by atoms with Crippen LogP contribution in [-0.2, 0) is 13.6 Å². The Balaban J connectivity index is 2.21. The van der Waals surface area contributed by atoms with Gasteiger partial charge in [-0.1, -0.05) is 0 Å². The quantitative estimate of drug-likeness (QED) is 0.698. The van der Waals surface area contributed by atoms with Gasteiger partial charge in [-0.3, -0.25) is 4.68 Å². The number of imidazole rings is 1. The zero-order valence-electron chi connectivity index (χ0n) is 11.0. The van der Waals surface area contributed by atoms with E-state index < -0.39 is 0 Å². The van der Waals surface area contributed by atoms with E-state index in [4.69, 9.17) is 11.6 Å². The minimum Gasteiger partial charge on any atom is -0.305 e. The summed E-state index contributed by atoms with van der Waals surface area (Å²) in [5.74, 6) is 0.864. The van der Waals surface area contributed by atoms with Gasteiger partial charge in [0, 0.05) is 18.6 Å². The van der Waals surface area contributed by atoms with Crippen molar-refractivity contribution in [2.75, 3.05) is 0 Å². The molecule has 0 aliphatic rings. The van der Waals surface area contributed by atoms with Crippen molar-refractivity contribution in [1.82, 2.24) is 24.3 Å². The van der Waals surface area contributed by atoms with E-state index in [2.05, 4.69) is 19.6 Å². The molecule has 7 heteroatoms. The van der Waals surface area contributed by atoms with Gasteiger partial charge in [-0.15, -0.1) is 22.9 Å². The van der Waals surface area contributed by atoms with Crippen molar-refractivity contribution in [2.45, 2.75) is 25.8 Å². The molecule has 3 aromatic heterocycles. The van der Waals surface area contributed by atoms with E-state index in [0.717, 1.165) is 27.7 Å². The Labute approximate surface area is 119 Å². The number of alkyl halides is 1. The summed E-state index contributed by atoms with van der Waals surface area (Å²) in [5, 5.41) is 7.28. The van der Waals surface area contributed by atoms with Crippen molar-refractivity contribution in [3.8, 4) is 0 Å². The van der Waals surface area contributed by atoms with Gasteiger partial charge in [0.2, 0.25) is 0 Å². The number of hydrogen-bond acceptors (Lipinski definition) is 4.